The molecule has 0 aliphatic carbocycles. The summed E-state index contributed by atoms with van der Waals surface area (Å²) in [5.74, 6) is -0.0993. The van der Waals surface area contributed by atoms with Gasteiger partial charge in [0.2, 0.25) is 0 Å². The molecular formula is C12H25NO2. The Labute approximate surface area is 93.8 Å². The quantitative estimate of drug-likeness (QED) is 0.662. The average Bonchev–Trinajstić information content (AvgIpc) is 2.45. The first-order valence-corrected chi connectivity index (χ1v) is 5.29. The van der Waals surface area contributed by atoms with Gasteiger partial charge < -0.3 is 9.64 Å². The molecule has 0 bridgehead atoms. The van der Waals surface area contributed by atoms with E-state index in [4.69, 9.17) is 4.74 Å². The van der Waals surface area contributed by atoms with Gasteiger partial charge in [-0.05, 0) is 47.2 Å². The zero-order chi connectivity index (χ0) is 10.8. The number of ether oxygens (including phenoxy) is 1. The van der Waals surface area contributed by atoms with Crippen LogP contribution in [0.2, 0.25) is 0 Å². The molecule has 0 aromatic heterocycles. The van der Waals surface area contributed by atoms with Crippen LogP contribution >= 0.6 is 0 Å². The minimum Gasteiger partial charge on any atom is -0.464 e. The minimum atomic E-state index is -0.378. The number of hydrogen-bond donors (Lipinski definition) is 0. The van der Waals surface area contributed by atoms with Crippen LogP contribution < -0.4 is 0 Å². The number of hydrogen-bond acceptors (Lipinski definition) is 3. The molecule has 1 aliphatic heterocycles. The van der Waals surface area contributed by atoms with Crippen LogP contribution in [0.4, 0.5) is 0 Å². The molecular weight excluding hydrogens is 190 g/mol. The molecule has 1 aliphatic rings. The molecule has 0 unspecified atom stereocenters. The van der Waals surface area contributed by atoms with E-state index in [0.29, 0.717) is 12.6 Å². The van der Waals surface area contributed by atoms with Gasteiger partial charge in [-0.25, -0.2) is 0 Å². The van der Waals surface area contributed by atoms with Gasteiger partial charge in [-0.3, -0.25) is 4.79 Å². The first kappa shape index (κ1) is 14.4. The van der Waals surface area contributed by atoms with Crippen molar-refractivity contribution in [1.82, 2.24) is 4.90 Å². The van der Waals surface area contributed by atoms with Crippen molar-refractivity contribution in [2.75, 3.05) is 20.2 Å². The summed E-state index contributed by atoms with van der Waals surface area (Å²) in [6.45, 7) is 7.32. The molecule has 0 N–H and O–H groups in total. The minimum absolute atomic E-state index is 0. The van der Waals surface area contributed by atoms with Crippen LogP contribution in [0.1, 0.15) is 41.0 Å². The van der Waals surface area contributed by atoms with Gasteiger partial charge in [0.1, 0.15) is 6.61 Å². The average molecular weight is 215 g/mol. The van der Waals surface area contributed by atoms with E-state index in [1.165, 1.54) is 6.42 Å². The van der Waals surface area contributed by atoms with Crippen molar-refractivity contribution in [3.05, 3.63) is 0 Å². The lowest BCUT2D eigenvalue weighted by Gasteiger charge is -2.22. The van der Waals surface area contributed by atoms with E-state index in [9.17, 15) is 4.79 Å². The predicted molar refractivity (Wildman–Crippen MR) is 62.8 cm³/mol. The molecule has 0 aromatic carbocycles. The summed E-state index contributed by atoms with van der Waals surface area (Å²) in [4.78, 5) is 13.7. The number of esters is 1. The SMILES string of the molecule is C.CN1CCC[C@@H]1COC(=O)C(C)(C)C. The summed E-state index contributed by atoms with van der Waals surface area (Å²) in [7, 11) is 2.09. The number of carbonyl (C=O) groups excluding carboxylic acids is 1. The highest BCUT2D eigenvalue weighted by Gasteiger charge is 2.26. The normalized spacial score (nSPS) is 22.3. The van der Waals surface area contributed by atoms with E-state index in [0.717, 1.165) is 13.0 Å². The highest BCUT2D eigenvalue weighted by atomic mass is 16.5. The lowest BCUT2D eigenvalue weighted by atomic mass is 9.97. The third-order valence-electron chi connectivity index (χ3n) is 2.69. The second-order valence-electron chi connectivity index (χ2n) is 5.13. The Bertz CT molecular complexity index is 208. The lowest BCUT2D eigenvalue weighted by Crippen LogP contribution is -2.33. The Morgan fingerprint density at radius 2 is 2.07 bits per heavy atom. The summed E-state index contributed by atoms with van der Waals surface area (Å²) in [5, 5.41) is 0. The Hall–Kier alpha value is -0.570. The van der Waals surface area contributed by atoms with Crippen LogP contribution in [0.3, 0.4) is 0 Å². The maximum absolute atomic E-state index is 11.5. The molecule has 90 valence electrons. The number of rotatable bonds is 2. The van der Waals surface area contributed by atoms with E-state index in [2.05, 4.69) is 11.9 Å². The number of nitrogens with zero attached hydrogens (tertiary/aromatic N) is 1. The van der Waals surface area contributed by atoms with Crippen molar-refractivity contribution >= 4 is 5.97 Å². The molecule has 1 saturated heterocycles. The Morgan fingerprint density at radius 1 is 1.47 bits per heavy atom. The highest BCUT2D eigenvalue weighted by Crippen LogP contribution is 2.18. The van der Waals surface area contributed by atoms with Gasteiger partial charge in [0.05, 0.1) is 5.41 Å². The van der Waals surface area contributed by atoms with E-state index in [1.54, 1.807) is 0 Å². The van der Waals surface area contributed by atoms with Crippen LogP contribution in [0.15, 0.2) is 0 Å². The maximum Gasteiger partial charge on any atom is 0.311 e. The monoisotopic (exact) mass is 215 g/mol. The standard InChI is InChI=1S/C11H21NO2.CH4/c1-11(2,3)10(13)14-8-9-6-5-7-12(9)4;/h9H,5-8H2,1-4H3;1H4/t9-;/m1./s1. The molecule has 0 amide bonds. The highest BCUT2D eigenvalue weighted by molar-refractivity contribution is 5.75. The molecule has 0 radical (unpaired) electrons. The molecule has 3 nitrogen and oxygen atoms in total. The molecule has 0 spiro atoms. The van der Waals surface area contributed by atoms with Crippen molar-refractivity contribution in [1.29, 1.82) is 0 Å². The van der Waals surface area contributed by atoms with Crippen molar-refractivity contribution in [2.24, 2.45) is 5.41 Å². The summed E-state index contributed by atoms with van der Waals surface area (Å²) >= 11 is 0. The number of carbonyl (C=O) groups is 1. The largest absolute Gasteiger partial charge is 0.464 e. The van der Waals surface area contributed by atoms with Crippen molar-refractivity contribution in [3.63, 3.8) is 0 Å². The van der Waals surface area contributed by atoms with E-state index < -0.39 is 0 Å². The van der Waals surface area contributed by atoms with Gasteiger partial charge in [0.25, 0.3) is 0 Å². The zero-order valence-corrected chi connectivity index (χ0v) is 9.67. The van der Waals surface area contributed by atoms with Gasteiger partial charge in [0, 0.05) is 6.04 Å². The van der Waals surface area contributed by atoms with Crippen molar-refractivity contribution < 1.29 is 9.53 Å². The number of likely N-dealkylation sites (tertiary alicyclic amines) is 1. The van der Waals surface area contributed by atoms with Gasteiger partial charge in [-0.2, -0.15) is 0 Å². The Kier molecular flexibility index (Phi) is 5.29. The smallest absolute Gasteiger partial charge is 0.311 e. The van der Waals surface area contributed by atoms with Gasteiger partial charge in [-0.15, -0.1) is 0 Å². The van der Waals surface area contributed by atoms with E-state index in [-0.39, 0.29) is 18.8 Å². The topological polar surface area (TPSA) is 29.5 Å². The molecule has 15 heavy (non-hydrogen) atoms. The first-order valence-electron chi connectivity index (χ1n) is 5.29. The maximum atomic E-state index is 11.5. The van der Waals surface area contributed by atoms with Crippen LogP contribution in [0.25, 0.3) is 0 Å². The first-order chi connectivity index (χ1) is 6.41. The van der Waals surface area contributed by atoms with Gasteiger partial charge in [0.15, 0.2) is 0 Å². The second kappa shape index (κ2) is 5.50. The fourth-order valence-electron chi connectivity index (χ4n) is 1.58. The summed E-state index contributed by atoms with van der Waals surface area (Å²) in [5.41, 5.74) is -0.378. The molecule has 1 heterocycles. The van der Waals surface area contributed by atoms with Crippen LogP contribution in [0, 0.1) is 5.41 Å². The summed E-state index contributed by atoms with van der Waals surface area (Å²) in [6, 6.07) is 0.432. The predicted octanol–water partition coefficient (Wildman–Crippen LogP) is 2.31. The summed E-state index contributed by atoms with van der Waals surface area (Å²) in [6.07, 6.45) is 2.36. The van der Waals surface area contributed by atoms with Crippen LogP contribution in [-0.4, -0.2) is 37.1 Å². The molecule has 0 saturated carbocycles. The number of likely N-dealkylation sites (N-methyl/N-ethyl adjacent to an activating group) is 1. The Balaban J connectivity index is 0.00000196. The van der Waals surface area contributed by atoms with Gasteiger partial charge in [-0.1, -0.05) is 7.43 Å². The molecule has 1 atom stereocenters. The lowest BCUT2D eigenvalue weighted by molar-refractivity contribution is -0.154. The third kappa shape index (κ3) is 4.20. The molecule has 1 fully saturated rings. The molecule has 0 aromatic rings. The second-order valence-corrected chi connectivity index (χ2v) is 5.13. The van der Waals surface area contributed by atoms with Crippen LogP contribution in [-0.2, 0) is 9.53 Å². The van der Waals surface area contributed by atoms with E-state index >= 15 is 0 Å². The fourth-order valence-corrected chi connectivity index (χ4v) is 1.58. The Morgan fingerprint density at radius 3 is 2.47 bits per heavy atom. The van der Waals surface area contributed by atoms with Crippen molar-refractivity contribution in [3.8, 4) is 0 Å². The zero-order valence-electron chi connectivity index (χ0n) is 9.67. The van der Waals surface area contributed by atoms with Crippen molar-refractivity contribution in [2.45, 2.75) is 47.1 Å². The summed E-state index contributed by atoms with van der Waals surface area (Å²) < 4.78 is 5.28. The fraction of sp³-hybridized carbons (Fsp3) is 0.917. The molecule has 1 rings (SSSR count). The van der Waals surface area contributed by atoms with Gasteiger partial charge >= 0.3 is 5.97 Å². The third-order valence-corrected chi connectivity index (χ3v) is 2.69. The van der Waals surface area contributed by atoms with E-state index in [1.807, 2.05) is 20.8 Å². The molecule has 3 heteroatoms. The van der Waals surface area contributed by atoms with Crippen LogP contribution in [0.5, 0.6) is 0 Å².